The summed E-state index contributed by atoms with van der Waals surface area (Å²) in [5.41, 5.74) is 13.3. The molecule has 0 aliphatic carbocycles. The van der Waals surface area contributed by atoms with E-state index in [-0.39, 0.29) is 18.8 Å². The zero-order chi connectivity index (χ0) is 38.5. The van der Waals surface area contributed by atoms with Gasteiger partial charge in [0.2, 0.25) is 0 Å². The Kier molecular flexibility index (Phi) is 11.8. The molecule has 0 bridgehead atoms. The van der Waals surface area contributed by atoms with Crippen molar-refractivity contribution in [3.05, 3.63) is 130 Å². The summed E-state index contributed by atoms with van der Waals surface area (Å²) in [4.78, 5) is 24.2. The number of rotatable bonds is 6. The highest BCUT2D eigenvalue weighted by molar-refractivity contribution is 9.10. The van der Waals surface area contributed by atoms with Crippen molar-refractivity contribution in [3.8, 4) is 33.6 Å². The second kappa shape index (κ2) is 16.8. The molecule has 4 aromatic carbocycles. The first-order valence-corrected chi connectivity index (χ1v) is 17.4. The number of nitrogens with two attached hydrogens (primary N) is 1. The van der Waals surface area contributed by atoms with E-state index in [2.05, 4.69) is 52.3 Å². The number of primary amides is 1. The van der Waals surface area contributed by atoms with E-state index in [0.717, 1.165) is 59.0 Å². The number of amides is 1. The number of hydrogen-bond acceptors (Lipinski definition) is 7. The molecule has 0 radical (unpaired) electrons. The van der Waals surface area contributed by atoms with Crippen LogP contribution in [0.15, 0.2) is 119 Å². The van der Waals surface area contributed by atoms with Gasteiger partial charge in [-0.3, -0.25) is 18.5 Å². The van der Waals surface area contributed by atoms with Crippen molar-refractivity contribution in [3.63, 3.8) is 0 Å². The highest BCUT2D eigenvalue weighted by Crippen LogP contribution is 2.31. The third-order valence-corrected chi connectivity index (χ3v) is 9.14. The molecule has 2 N–H and O–H groups in total. The van der Waals surface area contributed by atoms with Gasteiger partial charge in [-0.2, -0.15) is 20.4 Å². The normalized spacial score (nSPS) is 10.8. The van der Waals surface area contributed by atoms with Crippen molar-refractivity contribution in [2.75, 3.05) is 14.3 Å². The Morgan fingerprint density at radius 3 is 1.56 bits per heavy atom. The summed E-state index contributed by atoms with van der Waals surface area (Å²) < 4.78 is 29.2. The summed E-state index contributed by atoms with van der Waals surface area (Å²) >= 11 is 6.94. The first-order chi connectivity index (χ1) is 26.0. The molecule has 12 nitrogen and oxygen atoms in total. The first-order valence-electron chi connectivity index (χ1n) is 16.5. The van der Waals surface area contributed by atoms with Crippen molar-refractivity contribution in [2.24, 2.45) is 19.8 Å². The predicted molar refractivity (Wildman–Crippen MR) is 216 cm³/mol. The van der Waals surface area contributed by atoms with Crippen LogP contribution in [-0.2, 0) is 18.8 Å². The average Bonchev–Trinajstić information content (AvgIpc) is 3.96. The molecule has 0 aliphatic rings. The number of alkyl halides is 1. The van der Waals surface area contributed by atoms with Crippen LogP contribution in [0, 0.1) is 0 Å². The Balaban J connectivity index is 0.000000194. The number of halogens is 3. The summed E-state index contributed by atoms with van der Waals surface area (Å²) in [7, 11) is 4.09. The van der Waals surface area contributed by atoms with Crippen LogP contribution in [-0.4, -0.2) is 65.3 Å². The maximum Gasteiger partial charge on any atom is 0.359 e. The second-order valence-electron chi connectivity index (χ2n) is 11.6. The van der Waals surface area contributed by atoms with Gasteiger partial charge in [-0.15, -0.1) is 0 Å². The summed E-state index contributed by atoms with van der Waals surface area (Å²) in [6.45, 7) is 0. The largest absolute Gasteiger partial charge is 0.464 e. The lowest BCUT2D eigenvalue weighted by Gasteiger charge is -2.04. The van der Waals surface area contributed by atoms with Crippen LogP contribution in [0.4, 0.5) is 4.39 Å². The Morgan fingerprint density at radius 1 is 0.722 bits per heavy atom. The molecule has 276 valence electrons. The van der Waals surface area contributed by atoms with Gasteiger partial charge in [-0.25, -0.2) is 14.2 Å². The highest BCUT2D eigenvalue weighted by Gasteiger charge is 2.20. The fourth-order valence-electron chi connectivity index (χ4n) is 5.77. The van der Waals surface area contributed by atoms with Crippen LogP contribution in [0.5, 0.6) is 0 Å². The molecule has 0 fully saturated rings. The number of carbonyl (C=O) groups excluding carboxylic acids is 2. The first kappa shape index (κ1) is 37.8. The minimum absolute atomic E-state index is 0. The zero-order valence-corrected chi connectivity index (χ0v) is 31.8. The van der Waals surface area contributed by atoms with Crippen LogP contribution in [0.3, 0.4) is 0 Å². The third-order valence-electron chi connectivity index (χ3n) is 8.15. The van der Waals surface area contributed by atoms with Gasteiger partial charge in [0.05, 0.1) is 50.4 Å². The van der Waals surface area contributed by atoms with E-state index in [1.165, 1.54) is 7.11 Å². The van der Waals surface area contributed by atoms with Gasteiger partial charge in [0.25, 0.3) is 5.91 Å². The van der Waals surface area contributed by atoms with Gasteiger partial charge in [0, 0.05) is 57.3 Å². The molecular formula is C39H36Br2FN9O3. The molecule has 0 atom stereocenters. The Bertz CT molecular complexity index is 2630. The second-order valence-corrected chi connectivity index (χ2v) is 13.4. The molecule has 4 aromatic heterocycles. The van der Waals surface area contributed by atoms with E-state index in [1.54, 1.807) is 31.1 Å². The van der Waals surface area contributed by atoms with Gasteiger partial charge >= 0.3 is 5.97 Å². The maximum atomic E-state index is 12.3. The van der Waals surface area contributed by atoms with Crippen LogP contribution in [0.25, 0.3) is 55.4 Å². The lowest BCUT2D eigenvalue weighted by Crippen LogP contribution is -2.12. The molecule has 0 saturated heterocycles. The van der Waals surface area contributed by atoms with E-state index in [9.17, 15) is 14.0 Å². The van der Waals surface area contributed by atoms with E-state index >= 15 is 0 Å². The number of benzene rings is 4. The highest BCUT2D eigenvalue weighted by atomic mass is 79.9. The fraction of sp³-hybridized carbons (Fsp3) is 0.128. The van der Waals surface area contributed by atoms with E-state index in [0.29, 0.717) is 5.39 Å². The minimum Gasteiger partial charge on any atom is -0.464 e. The Morgan fingerprint density at radius 2 is 1.17 bits per heavy atom. The smallest absolute Gasteiger partial charge is 0.359 e. The molecule has 0 spiro atoms. The summed E-state index contributed by atoms with van der Waals surface area (Å²) in [6.07, 6.45) is 7.42. The average molecular weight is 859 g/mol. The van der Waals surface area contributed by atoms with Crippen LogP contribution in [0.2, 0.25) is 0 Å². The van der Waals surface area contributed by atoms with Crippen molar-refractivity contribution in [1.29, 1.82) is 0 Å². The van der Waals surface area contributed by atoms with Gasteiger partial charge in [0.15, 0.2) is 11.4 Å². The monoisotopic (exact) mass is 856 g/mol. The van der Waals surface area contributed by atoms with Crippen molar-refractivity contribution < 1.29 is 20.1 Å². The molecule has 54 heavy (non-hydrogen) atoms. The maximum absolute atomic E-state index is 12.3. The molecule has 1 amide bonds. The molecular weight excluding hydrogens is 821 g/mol. The topological polar surface area (TPSA) is 141 Å². The van der Waals surface area contributed by atoms with Gasteiger partial charge < -0.3 is 10.5 Å². The number of nitrogens with zero attached hydrogens (tertiary/aromatic N) is 8. The molecule has 0 saturated carbocycles. The summed E-state index contributed by atoms with van der Waals surface area (Å²) in [5, 5.41) is 18.8. The molecule has 4 heterocycles. The number of carbonyl (C=O) groups is 2. The number of hydrogen-bond donors (Lipinski definition) is 1. The summed E-state index contributed by atoms with van der Waals surface area (Å²) in [6, 6.07) is 27.2. The van der Waals surface area contributed by atoms with E-state index in [4.69, 9.17) is 11.8 Å². The van der Waals surface area contributed by atoms with Crippen molar-refractivity contribution >= 4 is 65.5 Å². The Hall–Kier alpha value is -5.93. The summed E-state index contributed by atoms with van der Waals surface area (Å²) in [5.74, 6) is -1.02. The Labute approximate surface area is 328 Å². The van der Waals surface area contributed by atoms with Crippen molar-refractivity contribution in [1.82, 2.24) is 39.1 Å². The van der Waals surface area contributed by atoms with Gasteiger partial charge in [-0.1, -0.05) is 63.6 Å². The van der Waals surface area contributed by atoms with Crippen LogP contribution in [0.1, 0.15) is 29.8 Å². The molecule has 8 aromatic rings. The number of methoxy groups -OCH3 is 1. The standard InChI is InChI=1S/C19H15BrN4O2.C18H14BrN5O.CH3F.CH4/c1-23-11-13(10-21-23)12-6-7-17-16(8-12)18(19(25)26-2)22-24(17)15-5-3-4-14(20)9-15;1-23-10-12(9-21-23)11-5-6-16-15(7-11)17(18(20)25)22-24(16)14-4-2-3-13(19)8-14;1-2;/h3-11H,1-2H3;2-10H,1H3,(H2,20,25);1H3;1H4/i;;1D;. The quantitative estimate of drug-likeness (QED) is 0.166. The number of fused-ring (bicyclic) bond motifs is 2. The number of ether oxygens (including phenoxy) is 1. The lowest BCUT2D eigenvalue weighted by molar-refractivity contribution is 0.0595. The zero-order valence-electron chi connectivity index (χ0n) is 29.6. The van der Waals surface area contributed by atoms with E-state index in [1.807, 2.05) is 111 Å². The number of aryl methyl sites for hydroxylation is 2. The number of aromatic nitrogens is 8. The molecule has 8 rings (SSSR count). The minimum atomic E-state index is -1.00. The van der Waals surface area contributed by atoms with Gasteiger partial charge in [-0.05, 0) is 71.8 Å². The van der Waals surface area contributed by atoms with Gasteiger partial charge in [0.1, 0.15) is 0 Å². The van der Waals surface area contributed by atoms with E-state index < -0.39 is 19.0 Å². The fourth-order valence-corrected chi connectivity index (χ4v) is 6.55. The number of esters is 1. The van der Waals surface area contributed by atoms with Crippen molar-refractivity contribution in [2.45, 2.75) is 7.43 Å². The molecule has 15 heteroatoms. The SMILES string of the molecule is C.COC(=O)c1nn(-c2cccc(Br)c2)c2ccc(-c3cnn(C)c3)cc12.Cn1cc(-c2ccc3c(c2)c(C(N)=O)nn3-c2cccc(Br)c2)cn1.[2H]CF. The van der Waals surface area contributed by atoms with Crippen LogP contribution < -0.4 is 5.73 Å². The lowest BCUT2D eigenvalue weighted by atomic mass is 10.1. The van der Waals surface area contributed by atoms with Crippen LogP contribution >= 0.6 is 31.9 Å². The molecule has 0 aliphatic heterocycles. The molecule has 0 unspecified atom stereocenters. The predicted octanol–water partition coefficient (Wildman–Crippen LogP) is 8.48. The third kappa shape index (κ3) is 8.01.